The zero-order chi connectivity index (χ0) is 14.8. The highest BCUT2D eigenvalue weighted by Gasteiger charge is 2.28. The molecule has 6 heteroatoms. The highest BCUT2D eigenvalue weighted by Crippen LogP contribution is 2.36. The van der Waals surface area contributed by atoms with E-state index in [9.17, 15) is 5.21 Å². The summed E-state index contributed by atoms with van der Waals surface area (Å²) < 4.78 is 5.42. The van der Waals surface area contributed by atoms with Gasteiger partial charge in [0.15, 0.2) is 0 Å². The van der Waals surface area contributed by atoms with Crippen molar-refractivity contribution in [3.63, 3.8) is 0 Å². The van der Waals surface area contributed by atoms with Gasteiger partial charge in [-0.05, 0) is 24.0 Å². The first-order chi connectivity index (χ1) is 10.2. The van der Waals surface area contributed by atoms with Gasteiger partial charge in [0, 0.05) is 18.2 Å². The largest absolute Gasteiger partial charge is 0.496 e. The van der Waals surface area contributed by atoms with Crippen molar-refractivity contribution in [2.24, 2.45) is 5.16 Å². The second-order valence-corrected chi connectivity index (χ2v) is 4.98. The van der Waals surface area contributed by atoms with E-state index in [2.05, 4.69) is 15.1 Å². The quantitative estimate of drug-likeness (QED) is 0.649. The number of hydrogen-bond donors (Lipinski definition) is 2. The highest BCUT2D eigenvalue weighted by atomic mass is 16.5. The third-order valence-corrected chi connectivity index (χ3v) is 3.78. The van der Waals surface area contributed by atoms with Crippen LogP contribution in [0.25, 0.3) is 0 Å². The summed E-state index contributed by atoms with van der Waals surface area (Å²) in [6.45, 7) is 0. The standard InChI is InChI=1S/C15H16N4O2/c1-21-14-5-3-2-4-10(14)9-6-12-11(13(7-9)19-20)8-17-15(16)18-12/h2-5,8-9,20H,6-7H2,1H3,(H2,16,17,18). The van der Waals surface area contributed by atoms with Crippen LogP contribution < -0.4 is 10.5 Å². The normalized spacial score (nSPS) is 19.3. The summed E-state index contributed by atoms with van der Waals surface area (Å²) in [5.41, 5.74) is 8.87. The molecule has 1 aliphatic carbocycles. The fourth-order valence-electron chi connectivity index (χ4n) is 2.80. The van der Waals surface area contributed by atoms with E-state index in [1.807, 2.05) is 24.3 Å². The molecule has 3 rings (SSSR count). The van der Waals surface area contributed by atoms with E-state index in [0.717, 1.165) is 22.6 Å². The van der Waals surface area contributed by atoms with E-state index in [1.54, 1.807) is 13.3 Å². The van der Waals surface area contributed by atoms with E-state index < -0.39 is 0 Å². The van der Waals surface area contributed by atoms with Crippen molar-refractivity contribution >= 4 is 11.7 Å². The minimum Gasteiger partial charge on any atom is -0.496 e. The molecular formula is C15H16N4O2. The first kappa shape index (κ1) is 13.4. The number of oxime groups is 1. The van der Waals surface area contributed by atoms with Gasteiger partial charge in [0.25, 0.3) is 0 Å². The van der Waals surface area contributed by atoms with Crippen molar-refractivity contribution in [2.45, 2.75) is 18.8 Å². The van der Waals surface area contributed by atoms with Gasteiger partial charge in [-0.1, -0.05) is 23.4 Å². The van der Waals surface area contributed by atoms with Crippen molar-refractivity contribution in [3.8, 4) is 5.75 Å². The number of methoxy groups -OCH3 is 1. The number of para-hydroxylation sites is 1. The molecule has 0 spiro atoms. The molecule has 0 aliphatic heterocycles. The molecule has 21 heavy (non-hydrogen) atoms. The van der Waals surface area contributed by atoms with Crippen LogP contribution >= 0.6 is 0 Å². The Morgan fingerprint density at radius 3 is 2.90 bits per heavy atom. The molecule has 3 N–H and O–H groups in total. The average Bonchev–Trinajstić information content (AvgIpc) is 2.53. The number of fused-ring (bicyclic) bond motifs is 1. The summed E-state index contributed by atoms with van der Waals surface area (Å²) in [4.78, 5) is 8.25. The third kappa shape index (κ3) is 2.40. The number of rotatable bonds is 2. The molecule has 6 nitrogen and oxygen atoms in total. The summed E-state index contributed by atoms with van der Waals surface area (Å²) in [6.07, 6.45) is 2.93. The van der Waals surface area contributed by atoms with Gasteiger partial charge in [-0.15, -0.1) is 0 Å². The van der Waals surface area contributed by atoms with Gasteiger partial charge in [0.1, 0.15) is 5.75 Å². The predicted octanol–water partition coefficient (Wildman–Crippen LogP) is 1.98. The Labute approximate surface area is 122 Å². The van der Waals surface area contributed by atoms with Gasteiger partial charge < -0.3 is 15.7 Å². The van der Waals surface area contributed by atoms with Crippen LogP contribution in [0.1, 0.15) is 29.2 Å². The van der Waals surface area contributed by atoms with Crippen LogP contribution in [0.4, 0.5) is 5.95 Å². The number of nitrogen functional groups attached to an aromatic ring is 1. The van der Waals surface area contributed by atoms with Crippen molar-refractivity contribution in [1.29, 1.82) is 0 Å². The van der Waals surface area contributed by atoms with Gasteiger partial charge >= 0.3 is 0 Å². The second kappa shape index (κ2) is 5.40. The lowest BCUT2D eigenvalue weighted by molar-refractivity contribution is 0.316. The molecule has 2 aromatic rings. The van der Waals surface area contributed by atoms with Gasteiger partial charge in [0.2, 0.25) is 5.95 Å². The van der Waals surface area contributed by atoms with Crippen molar-refractivity contribution in [2.75, 3.05) is 12.8 Å². The number of anilines is 1. The Kier molecular flexibility index (Phi) is 3.43. The Morgan fingerprint density at radius 2 is 2.14 bits per heavy atom. The summed E-state index contributed by atoms with van der Waals surface area (Å²) in [6, 6.07) is 7.85. The Balaban J connectivity index is 2.04. The molecular weight excluding hydrogens is 268 g/mol. The smallest absolute Gasteiger partial charge is 0.220 e. The SMILES string of the molecule is COc1ccccc1C1CC(=NO)c2cnc(N)nc2C1. The summed E-state index contributed by atoms with van der Waals surface area (Å²) in [5.74, 6) is 1.19. The lowest BCUT2D eigenvalue weighted by Crippen LogP contribution is -2.22. The van der Waals surface area contributed by atoms with Crippen LogP contribution in [0.3, 0.4) is 0 Å². The molecule has 0 bridgehead atoms. The van der Waals surface area contributed by atoms with E-state index in [4.69, 9.17) is 10.5 Å². The minimum absolute atomic E-state index is 0.133. The Bertz CT molecular complexity index is 700. The van der Waals surface area contributed by atoms with Gasteiger partial charge in [-0.3, -0.25) is 0 Å². The monoisotopic (exact) mass is 284 g/mol. The van der Waals surface area contributed by atoms with Crippen molar-refractivity contribution in [1.82, 2.24) is 9.97 Å². The highest BCUT2D eigenvalue weighted by molar-refractivity contribution is 6.02. The van der Waals surface area contributed by atoms with Crippen molar-refractivity contribution < 1.29 is 9.94 Å². The first-order valence-corrected chi connectivity index (χ1v) is 6.68. The zero-order valence-electron chi connectivity index (χ0n) is 11.7. The number of ether oxygens (including phenoxy) is 1. The maximum atomic E-state index is 9.27. The lowest BCUT2D eigenvalue weighted by atomic mass is 9.81. The molecule has 1 aromatic heterocycles. The molecule has 1 atom stereocenters. The van der Waals surface area contributed by atoms with E-state index in [1.165, 1.54) is 0 Å². The molecule has 0 saturated carbocycles. The fraction of sp³-hybridized carbons (Fsp3) is 0.267. The molecule has 1 unspecified atom stereocenters. The number of nitrogens with two attached hydrogens (primary N) is 1. The van der Waals surface area contributed by atoms with Crippen LogP contribution in [0.15, 0.2) is 35.6 Å². The molecule has 1 heterocycles. The van der Waals surface area contributed by atoms with Crippen LogP contribution in [0, 0.1) is 0 Å². The topological polar surface area (TPSA) is 93.6 Å². The van der Waals surface area contributed by atoms with E-state index in [0.29, 0.717) is 18.6 Å². The molecule has 0 fully saturated rings. The molecule has 1 aliphatic rings. The zero-order valence-corrected chi connectivity index (χ0v) is 11.7. The maximum absolute atomic E-state index is 9.27. The lowest BCUT2D eigenvalue weighted by Gasteiger charge is -2.25. The Morgan fingerprint density at radius 1 is 1.33 bits per heavy atom. The first-order valence-electron chi connectivity index (χ1n) is 6.68. The fourth-order valence-corrected chi connectivity index (χ4v) is 2.80. The van der Waals surface area contributed by atoms with Gasteiger partial charge in [-0.2, -0.15) is 0 Å². The van der Waals surface area contributed by atoms with Crippen LogP contribution in [0.5, 0.6) is 5.75 Å². The second-order valence-electron chi connectivity index (χ2n) is 4.98. The van der Waals surface area contributed by atoms with Crippen LogP contribution in [-0.2, 0) is 6.42 Å². The van der Waals surface area contributed by atoms with Crippen LogP contribution in [-0.4, -0.2) is 28.0 Å². The van der Waals surface area contributed by atoms with Crippen molar-refractivity contribution in [3.05, 3.63) is 47.3 Å². The molecule has 0 amide bonds. The Hall–Kier alpha value is -2.63. The molecule has 0 radical (unpaired) electrons. The average molecular weight is 284 g/mol. The number of hydrogen-bond acceptors (Lipinski definition) is 6. The maximum Gasteiger partial charge on any atom is 0.220 e. The molecule has 1 aromatic carbocycles. The number of nitrogens with zero attached hydrogens (tertiary/aromatic N) is 3. The summed E-state index contributed by atoms with van der Waals surface area (Å²) >= 11 is 0. The van der Waals surface area contributed by atoms with E-state index in [-0.39, 0.29) is 11.9 Å². The van der Waals surface area contributed by atoms with E-state index >= 15 is 0 Å². The van der Waals surface area contributed by atoms with Gasteiger partial charge in [-0.25, -0.2) is 9.97 Å². The summed E-state index contributed by atoms with van der Waals surface area (Å²) in [7, 11) is 1.65. The van der Waals surface area contributed by atoms with Crippen LogP contribution in [0.2, 0.25) is 0 Å². The number of aromatic nitrogens is 2. The minimum atomic E-state index is 0.133. The molecule has 0 saturated heterocycles. The number of benzene rings is 1. The summed E-state index contributed by atoms with van der Waals surface area (Å²) in [5, 5.41) is 12.7. The third-order valence-electron chi connectivity index (χ3n) is 3.78. The van der Waals surface area contributed by atoms with Gasteiger partial charge in [0.05, 0.1) is 18.5 Å². The predicted molar refractivity (Wildman–Crippen MR) is 78.8 cm³/mol. The molecule has 108 valence electrons.